The van der Waals surface area contributed by atoms with Gasteiger partial charge in [-0.1, -0.05) is 6.07 Å². The molecule has 0 saturated carbocycles. The number of sulfone groups is 1. The third-order valence-electron chi connectivity index (χ3n) is 4.61. The molecule has 0 unspecified atom stereocenters. The SMILES string of the molecule is Cc1ccc(S(=O)(=O)[C@@H](CNC(=O)C(=O)NCC[NH+](C)C)c2ccco2)cc1C. The topological polar surface area (TPSA) is 110 Å². The first-order chi connectivity index (χ1) is 13.6. The molecule has 2 amide bonds. The number of likely N-dealkylation sites (N-methyl/N-ethyl adjacent to an activating group) is 1. The Hall–Kier alpha value is -2.65. The van der Waals surface area contributed by atoms with Gasteiger partial charge in [-0.15, -0.1) is 0 Å². The van der Waals surface area contributed by atoms with Crippen molar-refractivity contribution in [3.05, 3.63) is 53.5 Å². The van der Waals surface area contributed by atoms with Crippen LogP contribution in [-0.2, 0) is 19.4 Å². The highest BCUT2D eigenvalue weighted by Gasteiger charge is 2.32. The van der Waals surface area contributed by atoms with E-state index in [0.717, 1.165) is 16.0 Å². The van der Waals surface area contributed by atoms with E-state index in [-0.39, 0.29) is 17.2 Å². The lowest BCUT2D eigenvalue weighted by molar-refractivity contribution is -0.856. The maximum Gasteiger partial charge on any atom is 0.309 e. The second kappa shape index (κ2) is 9.71. The first-order valence-corrected chi connectivity index (χ1v) is 10.9. The van der Waals surface area contributed by atoms with Gasteiger partial charge in [-0.05, 0) is 49.2 Å². The second-order valence-electron chi connectivity index (χ2n) is 7.22. The number of carbonyl (C=O) groups excluding carboxylic acids is 2. The monoisotopic (exact) mass is 422 g/mol. The lowest BCUT2D eigenvalue weighted by Crippen LogP contribution is -3.06. The highest BCUT2D eigenvalue weighted by atomic mass is 32.2. The van der Waals surface area contributed by atoms with Crippen LogP contribution in [0.25, 0.3) is 0 Å². The van der Waals surface area contributed by atoms with E-state index in [0.29, 0.717) is 13.1 Å². The summed E-state index contributed by atoms with van der Waals surface area (Å²) >= 11 is 0. The van der Waals surface area contributed by atoms with E-state index in [9.17, 15) is 18.0 Å². The van der Waals surface area contributed by atoms with Gasteiger partial charge in [0.15, 0.2) is 9.84 Å². The largest absolute Gasteiger partial charge is 0.468 e. The van der Waals surface area contributed by atoms with Crippen molar-refractivity contribution in [3.63, 3.8) is 0 Å². The van der Waals surface area contributed by atoms with Gasteiger partial charge in [-0.2, -0.15) is 0 Å². The number of hydrogen-bond acceptors (Lipinski definition) is 5. The Kier molecular flexibility index (Phi) is 7.58. The van der Waals surface area contributed by atoms with Crippen LogP contribution in [0, 0.1) is 13.8 Å². The van der Waals surface area contributed by atoms with Crippen molar-refractivity contribution in [1.82, 2.24) is 10.6 Å². The smallest absolute Gasteiger partial charge is 0.309 e. The zero-order chi connectivity index (χ0) is 21.6. The van der Waals surface area contributed by atoms with Gasteiger partial charge in [0.2, 0.25) is 0 Å². The minimum absolute atomic E-state index is 0.134. The van der Waals surface area contributed by atoms with Gasteiger partial charge in [0, 0.05) is 6.54 Å². The van der Waals surface area contributed by atoms with E-state index in [4.69, 9.17) is 4.42 Å². The van der Waals surface area contributed by atoms with Gasteiger partial charge in [0.25, 0.3) is 0 Å². The minimum Gasteiger partial charge on any atom is -0.468 e. The normalized spacial score (nSPS) is 12.6. The number of quaternary nitrogens is 1. The van der Waals surface area contributed by atoms with Crippen LogP contribution in [0.1, 0.15) is 22.1 Å². The number of rotatable bonds is 8. The molecule has 0 saturated heterocycles. The molecule has 1 aromatic carbocycles. The third-order valence-corrected chi connectivity index (χ3v) is 6.67. The molecular weight excluding hydrogens is 394 g/mol. The summed E-state index contributed by atoms with van der Waals surface area (Å²) in [6.45, 7) is 4.45. The van der Waals surface area contributed by atoms with Gasteiger partial charge in [-0.3, -0.25) is 9.59 Å². The Bertz CT molecular complexity index is 953. The Labute approximate surface area is 171 Å². The standard InChI is InChI=1S/C20H27N3O5S/c1-14-7-8-16(12-15(14)2)29(26,27)18(17-6-5-11-28-17)13-22-20(25)19(24)21-9-10-23(3)4/h5-8,11-12,18H,9-10,13H2,1-4H3,(H,21,24)(H,22,25)/p+1/t18-/m0/s1. The van der Waals surface area contributed by atoms with Crippen molar-refractivity contribution in [2.75, 3.05) is 33.7 Å². The summed E-state index contributed by atoms with van der Waals surface area (Å²) in [6.07, 6.45) is 1.37. The Morgan fingerprint density at radius 2 is 1.76 bits per heavy atom. The van der Waals surface area contributed by atoms with Crippen LogP contribution in [-0.4, -0.2) is 54.0 Å². The van der Waals surface area contributed by atoms with Crippen molar-refractivity contribution in [1.29, 1.82) is 0 Å². The number of furan rings is 1. The minimum atomic E-state index is -3.86. The average molecular weight is 423 g/mol. The van der Waals surface area contributed by atoms with Gasteiger partial charge >= 0.3 is 11.8 Å². The summed E-state index contributed by atoms with van der Waals surface area (Å²) in [5.74, 6) is -1.49. The van der Waals surface area contributed by atoms with Crippen LogP contribution in [0.4, 0.5) is 0 Å². The van der Waals surface area contributed by atoms with Gasteiger partial charge in [0.1, 0.15) is 11.0 Å². The third kappa shape index (κ3) is 5.91. The molecule has 0 fully saturated rings. The molecule has 8 nitrogen and oxygen atoms in total. The van der Waals surface area contributed by atoms with Crippen LogP contribution in [0.15, 0.2) is 45.9 Å². The average Bonchev–Trinajstić information content (AvgIpc) is 3.17. The molecule has 9 heteroatoms. The summed E-state index contributed by atoms with van der Waals surface area (Å²) in [7, 11) is 0.000455. The Morgan fingerprint density at radius 1 is 1.07 bits per heavy atom. The van der Waals surface area contributed by atoms with Crippen molar-refractivity contribution in [2.24, 2.45) is 0 Å². The van der Waals surface area contributed by atoms with Gasteiger partial charge in [0.05, 0.1) is 38.3 Å². The Morgan fingerprint density at radius 3 is 2.34 bits per heavy atom. The van der Waals surface area contributed by atoms with Crippen molar-refractivity contribution in [2.45, 2.75) is 24.0 Å². The van der Waals surface area contributed by atoms with Crippen LogP contribution in [0.2, 0.25) is 0 Å². The molecule has 1 atom stereocenters. The molecule has 2 aromatic rings. The molecule has 0 radical (unpaired) electrons. The lowest BCUT2D eigenvalue weighted by atomic mass is 10.1. The lowest BCUT2D eigenvalue weighted by Gasteiger charge is -2.17. The van der Waals surface area contributed by atoms with Gasteiger partial charge in [-0.25, -0.2) is 8.42 Å². The number of amides is 2. The molecule has 0 spiro atoms. The number of carbonyl (C=O) groups is 2. The summed E-state index contributed by atoms with van der Waals surface area (Å²) < 4.78 is 31.7. The summed E-state index contributed by atoms with van der Waals surface area (Å²) in [5.41, 5.74) is 1.82. The van der Waals surface area contributed by atoms with Crippen molar-refractivity contribution >= 4 is 21.7 Å². The molecule has 29 heavy (non-hydrogen) atoms. The van der Waals surface area contributed by atoms with Crippen molar-refractivity contribution in [3.8, 4) is 0 Å². The fraction of sp³-hybridized carbons (Fsp3) is 0.400. The summed E-state index contributed by atoms with van der Waals surface area (Å²) in [6, 6.07) is 7.98. The van der Waals surface area contributed by atoms with Crippen LogP contribution >= 0.6 is 0 Å². The fourth-order valence-electron chi connectivity index (χ4n) is 2.66. The van der Waals surface area contributed by atoms with E-state index in [2.05, 4.69) is 10.6 Å². The first-order valence-electron chi connectivity index (χ1n) is 9.32. The number of aryl methyl sites for hydroxylation is 2. The summed E-state index contributed by atoms with van der Waals surface area (Å²) in [5, 5.41) is 3.78. The highest BCUT2D eigenvalue weighted by Crippen LogP contribution is 2.29. The number of benzene rings is 1. The Balaban J connectivity index is 2.16. The zero-order valence-corrected chi connectivity index (χ0v) is 17.9. The summed E-state index contributed by atoms with van der Waals surface area (Å²) in [4.78, 5) is 25.3. The molecular formula is C20H28N3O5S+. The first kappa shape index (κ1) is 22.6. The molecule has 0 aliphatic carbocycles. The fourth-order valence-corrected chi connectivity index (χ4v) is 4.33. The molecule has 0 aliphatic rings. The molecule has 2 rings (SSSR count). The maximum atomic E-state index is 13.2. The predicted octanol–water partition coefficient (Wildman–Crippen LogP) is -0.212. The van der Waals surface area contributed by atoms with E-state index >= 15 is 0 Å². The molecule has 3 N–H and O–H groups in total. The van der Waals surface area contributed by atoms with Crippen molar-refractivity contribution < 1.29 is 27.3 Å². The van der Waals surface area contributed by atoms with E-state index < -0.39 is 26.9 Å². The van der Waals surface area contributed by atoms with E-state index in [1.54, 1.807) is 18.2 Å². The zero-order valence-electron chi connectivity index (χ0n) is 17.1. The maximum absolute atomic E-state index is 13.2. The highest BCUT2D eigenvalue weighted by molar-refractivity contribution is 7.91. The molecule has 158 valence electrons. The van der Waals surface area contributed by atoms with Crippen LogP contribution in [0.3, 0.4) is 0 Å². The quantitative estimate of drug-likeness (QED) is 0.510. The molecule has 0 bridgehead atoms. The van der Waals surface area contributed by atoms with Crippen LogP contribution in [0.5, 0.6) is 0 Å². The van der Waals surface area contributed by atoms with Crippen LogP contribution < -0.4 is 15.5 Å². The number of nitrogens with one attached hydrogen (secondary N) is 3. The second-order valence-corrected chi connectivity index (χ2v) is 9.35. The number of hydrogen-bond donors (Lipinski definition) is 3. The van der Waals surface area contributed by atoms with E-state index in [1.807, 2.05) is 27.9 Å². The van der Waals surface area contributed by atoms with Gasteiger partial charge < -0.3 is 20.0 Å². The molecule has 0 aliphatic heterocycles. The predicted molar refractivity (Wildman–Crippen MR) is 108 cm³/mol. The molecule has 1 aromatic heterocycles. The van der Waals surface area contributed by atoms with E-state index in [1.165, 1.54) is 18.4 Å². The molecule has 1 heterocycles.